The second kappa shape index (κ2) is 5.77. The number of carbonyl (C=O) groups is 1. The summed E-state index contributed by atoms with van der Waals surface area (Å²) in [6, 6.07) is 0.112. The van der Waals surface area contributed by atoms with Crippen molar-refractivity contribution in [2.24, 2.45) is 0 Å². The van der Waals surface area contributed by atoms with Crippen molar-refractivity contribution in [3.63, 3.8) is 0 Å². The Labute approximate surface area is 101 Å². The van der Waals surface area contributed by atoms with Crippen LogP contribution in [0.2, 0.25) is 0 Å². The Morgan fingerprint density at radius 2 is 2.06 bits per heavy atom. The van der Waals surface area contributed by atoms with Crippen molar-refractivity contribution in [1.29, 1.82) is 0 Å². The van der Waals surface area contributed by atoms with Gasteiger partial charge in [-0.25, -0.2) is 0 Å². The van der Waals surface area contributed by atoms with Crippen molar-refractivity contribution in [2.75, 3.05) is 6.54 Å². The Morgan fingerprint density at radius 1 is 1.41 bits per heavy atom. The van der Waals surface area contributed by atoms with E-state index in [4.69, 9.17) is 9.63 Å². The predicted octanol–water partition coefficient (Wildman–Crippen LogP) is 1.49. The first-order chi connectivity index (χ1) is 7.90. The lowest BCUT2D eigenvalue weighted by Gasteiger charge is -2.22. The standard InChI is InChI=1S/C11H19N3O3/c1-7(2)11-12-9(17-13-11)5-14(8(3)4)6-10(15)16/h7-8H,5-6H2,1-4H3,(H,15,16). The molecule has 1 N–H and O–H groups in total. The van der Waals surface area contributed by atoms with E-state index >= 15 is 0 Å². The quantitative estimate of drug-likeness (QED) is 0.812. The number of aliphatic carboxylic acids is 1. The Morgan fingerprint density at radius 3 is 2.47 bits per heavy atom. The van der Waals surface area contributed by atoms with Crippen molar-refractivity contribution >= 4 is 5.97 Å². The monoisotopic (exact) mass is 241 g/mol. The lowest BCUT2D eigenvalue weighted by atomic mass is 10.2. The minimum Gasteiger partial charge on any atom is -0.480 e. The lowest BCUT2D eigenvalue weighted by molar-refractivity contribution is -0.139. The molecule has 6 heteroatoms. The molecule has 0 spiro atoms. The van der Waals surface area contributed by atoms with Gasteiger partial charge in [0.1, 0.15) is 0 Å². The molecule has 0 fully saturated rings. The molecule has 0 bridgehead atoms. The first kappa shape index (κ1) is 13.6. The summed E-state index contributed by atoms with van der Waals surface area (Å²) in [6.07, 6.45) is 0. The fourth-order valence-electron chi connectivity index (χ4n) is 1.34. The Hall–Kier alpha value is -1.43. The van der Waals surface area contributed by atoms with Gasteiger partial charge < -0.3 is 9.63 Å². The third kappa shape index (κ3) is 4.14. The Balaban J connectivity index is 2.68. The summed E-state index contributed by atoms with van der Waals surface area (Å²) in [5.74, 6) is 0.462. The molecule has 1 rings (SSSR count). The molecule has 0 radical (unpaired) electrons. The van der Waals surface area contributed by atoms with Gasteiger partial charge in [0.05, 0.1) is 13.1 Å². The van der Waals surface area contributed by atoms with Crippen LogP contribution >= 0.6 is 0 Å². The molecular weight excluding hydrogens is 222 g/mol. The molecule has 1 aromatic rings. The largest absolute Gasteiger partial charge is 0.480 e. The molecule has 0 aliphatic carbocycles. The SMILES string of the molecule is CC(C)c1noc(CN(CC(=O)O)C(C)C)n1. The zero-order valence-electron chi connectivity index (χ0n) is 10.7. The summed E-state index contributed by atoms with van der Waals surface area (Å²) in [6.45, 7) is 8.16. The molecule has 96 valence electrons. The predicted molar refractivity (Wildman–Crippen MR) is 61.6 cm³/mol. The lowest BCUT2D eigenvalue weighted by Crippen LogP contribution is -2.35. The summed E-state index contributed by atoms with van der Waals surface area (Å²) >= 11 is 0. The molecule has 0 saturated carbocycles. The highest BCUT2D eigenvalue weighted by atomic mass is 16.5. The molecule has 6 nitrogen and oxygen atoms in total. The summed E-state index contributed by atoms with van der Waals surface area (Å²) in [5, 5.41) is 12.6. The van der Waals surface area contributed by atoms with Gasteiger partial charge in [-0.1, -0.05) is 19.0 Å². The Kier molecular flexibility index (Phi) is 4.62. The summed E-state index contributed by atoms with van der Waals surface area (Å²) in [4.78, 5) is 16.7. The molecular formula is C11H19N3O3. The molecule has 1 heterocycles. The normalized spacial score (nSPS) is 11.7. The number of hydrogen-bond donors (Lipinski definition) is 1. The minimum absolute atomic E-state index is 0.0307. The van der Waals surface area contributed by atoms with E-state index in [1.165, 1.54) is 0 Å². The van der Waals surface area contributed by atoms with Crippen LogP contribution in [0.1, 0.15) is 45.3 Å². The van der Waals surface area contributed by atoms with Gasteiger partial charge in [0, 0.05) is 12.0 Å². The minimum atomic E-state index is -0.859. The molecule has 0 saturated heterocycles. The number of hydrogen-bond acceptors (Lipinski definition) is 5. The highest BCUT2D eigenvalue weighted by Crippen LogP contribution is 2.12. The van der Waals surface area contributed by atoms with Gasteiger partial charge >= 0.3 is 5.97 Å². The van der Waals surface area contributed by atoms with Gasteiger partial charge in [0.15, 0.2) is 5.82 Å². The maximum atomic E-state index is 10.7. The average molecular weight is 241 g/mol. The van der Waals surface area contributed by atoms with E-state index in [-0.39, 0.29) is 18.5 Å². The van der Waals surface area contributed by atoms with E-state index in [2.05, 4.69) is 10.1 Å². The van der Waals surface area contributed by atoms with Crippen LogP contribution in [0.5, 0.6) is 0 Å². The van der Waals surface area contributed by atoms with Crippen molar-refractivity contribution in [2.45, 2.75) is 46.2 Å². The second-order valence-corrected chi connectivity index (χ2v) is 4.59. The number of rotatable bonds is 6. The number of carboxylic acids is 1. The summed E-state index contributed by atoms with van der Waals surface area (Å²) in [7, 11) is 0. The van der Waals surface area contributed by atoms with Crippen molar-refractivity contribution in [3.8, 4) is 0 Å². The maximum Gasteiger partial charge on any atom is 0.317 e. The molecule has 0 aliphatic rings. The zero-order chi connectivity index (χ0) is 13.0. The van der Waals surface area contributed by atoms with Gasteiger partial charge in [-0.2, -0.15) is 4.98 Å². The van der Waals surface area contributed by atoms with Crippen LogP contribution in [0.3, 0.4) is 0 Å². The molecule has 0 unspecified atom stereocenters. The fraction of sp³-hybridized carbons (Fsp3) is 0.727. The van der Waals surface area contributed by atoms with Crippen LogP contribution in [0, 0.1) is 0 Å². The van der Waals surface area contributed by atoms with Gasteiger partial charge in [-0.15, -0.1) is 0 Å². The van der Waals surface area contributed by atoms with E-state index in [1.54, 1.807) is 4.90 Å². The third-order valence-corrected chi connectivity index (χ3v) is 2.41. The number of aromatic nitrogens is 2. The van der Waals surface area contributed by atoms with Gasteiger partial charge in [-0.05, 0) is 13.8 Å². The third-order valence-electron chi connectivity index (χ3n) is 2.41. The summed E-state index contributed by atoms with van der Waals surface area (Å²) in [5.41, 5.74) is 0. The van der Waals surface area contributed by atoms with Crippen LogP contribution in [0.25, 0.3) is 0 Å². The molecule has 17 heavy (non-hydrogen) atoms. The van der Waals surface area contributed by atoms with Crippen molar-refractivity contribution in [3.05, 3.63) is 11.7 Å². The van der Waals surface area contributed by atoms with Gasteiger partial charge in [-0.3, -0.25) is 9.69 Å². The Bertz CT molecular complexity index is 374. The first-order valence-electron chi connectivity index (χ1n) is 5.68. The van der Waals surface area contributed by atoms with Crippen LogP contribution in [0.15, 0.2) is 4.52 Å². The van der Waals surface area contributed by atoms with Crippen LogP contribution in [-0.4, -0.2) is 38.7 Å². The van der Waals surface area contributed by atoms with Gasteiger partial charge in [0.25, 0.3) is 0 Å². The second-order valence-electron chi connectivity index (χ2n) is 4.59. The zero-order valence-corrected chi connectivity index (χ0v) is 10.7. The highest BCUT2D eigenvalue weighted by Gasteiger charge is 2.18. The average Bonchev–Trinajstić information content (AvgIpc) is 2.64. The number of carboxylic acid groups (broad SMARTS) is 1. The van der Waals surface area contributed by atoms with E-state index in [0.717, 1.165) is 0 Å². The smallest absolute Gasteiger partial charge is 0.317 e. The van der Waals surface area contributed by atoms with Gasteiger partial charge in [0.2, 0.25) is 5.89 Å². The van der Waals surface area contributed by atoms with Crippen molar-refractivity contribution in [1.82, 2.24) is 15.0 Å². The topological polar surface area (TPSA) is 79.5 Å². The number of nitrogens with zero attached hydrogens (tertiary/aromatic N) is 3. The van der Waals surface area contributed by atoms with E-state index < -0.39 is 5.97 Å². The molecule has 0 aromatic carbocycles. The first-order valence-corrected chi connectivity index (χ1v) is 5.68. The summed E-state index contributed by atoms with van der Waals surface area (Å²) < 4.78 is 5.09. The van der Waals surface area contributed by atoms with Crippen LogP contribution in [0.4, 0.5) is 0 Å². The van der Waals surface area contributed by atoms with Crippen LogP contribution < -0.4 is 0 Å². The van der Waals surface area contributed by atoms with Crippen LogP contribution in [-0.2, 0) is 11.3 Å². The molecule has 0 atom stereocenters. The molecule has 0 amide bonds. The van der Waals surface area contributed by atoms with E-state index in [0.29, 0.717) is 18.3 Å². The van der Waals surface area contributed by atoms with Crippen molar-refractivity contribution < 1.29 is 14.4 Å². The highest BCUT2D eigenvalue weighted by molar-refractivity contribution is 5.69. The molecule has 1 aromatic heterocycles. The molecule has 0 aliphatic heterocycles. The van der Waals surface area contributed by atoms with E-state index in [1.807, 2.05) is 27.7 Å². The maximum absolute atomic E-state index is 10.7. The van der Waals surface area contributed by atoms with E-state index in [9.17, 15) is 4.79 Å². The fourth-order valence-corrected chi connectivity index (χ4v) is 1.34.